The highest BCUT2D eigenvalue weighted by atomic mass is 16.5. The van der Waals surface area contributed by atoms with Gasteiger partial charge >= 0.3 is 0 Å². The van der Waals surface area contributed by atoms with Crippen LogP contribution in [0.2, 0.25) is 0 Å². The van der Waals surface area contributed by atoms with Gasteiger partial charge in [-0.1, -0.05) is 27.7 Å². The van der Waals surface area contributed by atoms with Crippen molar-refractivity contribution >= 4 is 22.4 Å². The van der Waals surface area contributed by atoms with Gasteiger partial charge < -0.3 is 20.1 Å². The fourth-order valence-electron chi connectivity index (χ4n) is 3.44. The molecule has 3 heterocycles. The van der Waals surface area contributed by atoms with E-state index in [0.717, 1.165) is 34.6 Å². The number of anilines is 2. The molecule has 0 unspecified atom stereocenters. The number of methoxy groups -OCH3 is 1. The zero-order chi connectivity index (χ0) is 25.6. The van der Waals surface area contributed by atoms with E-state index in [2.05, 4.69) is 31.2 Å². The van der Waals surface area contributed by atoms with Gasteiger partial charge in [0.2, 0.25) is 0 Å². The van der Waals surface area contributed by atoms with E-state index in [9.17, 15) is 0 Å². The zero-order valence-electron chi connectivity index (χ0n) is 21.8. The van der Waals surface area contributed by atoms with Gasteiger partial charge in [0.05, 0.1) is 25.5 Å². The fraction of sp³-hybridized carbons (Fsp3) is 0.400. The first-order valence-electron chi connectivity index (χ1n) is 12.0. The maximum atomic E-state index is 5.65. The maximum absolute atomic E-state index is 5.65. The van der Waals surface area contributed by atoms with Crippen LogP contribution in [0.5, 0.6) is 11.5 Å². The van der Waals surface area contributed by atoms with Crippen molar-refractivity contribution in [1.29, 1.82) is 0 Å². The summed E-state index contributed by atoms with van der Waals surface area (Å²) in [6.45, 7) is 9.82. The van der Waals surface area contributed by atoms with Crippen LogP contribution in [0.25, 0.3) is 16.5 Å². The van der Waals surface area contributed by atoms with Crippen molar-refractivity contribution < 1.29 is 9.47 Å². The van der Waals surface area contributed by atoms with E-state index >= 15 is 0 Å². The number of hydrogen-bond donors (Lipinski definition) is 3. The predicted molar refractivity (Wildman–Crippen MR) is 143 cm³/mol. The SMILES string of the molecule is CC.CC.CNCOc1ccc(-n2cc3c(NCCn4cccn4)nncc3c2NC)c(OC)c1. The van der Waals surface area contributed by atoms with Crippen molar-refractivity contribution in [3.05, 3.63) is 49.1 Å². The highest BCUT2D eigenvalue weighted by Gasteiger charge is 2.17. The fourth-order valence-corrected chi connectivity index (χ4v) is 3.44. The van der Waals surface area contributed by atoms with Crippen LogP contribution in [0.4, 0.5) is 11.6 Å². The second kappa shape index (κ2) is 14.5. The summed E-state index contributed by atoms with van der Waals surface area (Å²) in [6.07, 6.45) is 7.48. The number of rotatable bonds is 10. The molecule has 0 radical (unpaired) electrons. The van der Waals surface area contributed by atoms with Gasteiger partial charge in [0.15, 0.2) is 5.82 Å². The summed E-state index contributed by atoms with van der Waals surface area (Å²) in [5.74, 6) is 3.02. The molecule has 10 nitrogen and oxygen atoms in total. The summed E-state index contributed by atoms with van der Waals surface area (Å²) in [7, 11) is 5.36. The Kier molecular flexibility index (Phi) is 11.3. The summed E-state index contributed by atoms with van der Waals surface area (Å²) in [4.78, 5) is 0. The van der Waals surface area contributed by atoms with Crippen LogP contribution in [-0.2, 0) is 6.54 Å². The van der Waals surface area contributed by atoms with Crippen molar-refractivity contribution in [2.24, 2.45) is 0 Å². The van der Waals surface area contributed by atoms with Gasteiger partial charge in [0.25, 0.3) is 0 Å². The lowest BCUT2D eigenvalue weighted by Crippen LogP contribution is -2.14. The number of ether oxygens (including phenoxy) is 2. The molecule has 190 valence electrons. The third kappa shape index (κ3) is 6.63. The van der Waals surface area contributed by atoms with Gasteiger partial charge in [-0.15, -0.1) is 5.10 Å². The van der Waals surface area contributed by atoms with Gasteiger partial charge in [0, 0.05) is 49.0 Å². The van der Waals surface area contributed by atoms with E-state index in [1.807, 2.05) is 87.7 Å². The molecule has 3 aromatic heterocycles. The minimum Gasteiger partial charge on any atom is -0.494 e. The minimum atomic E-state index is 0.419. The Morgan fingerprint density at radius 2 is 1.86 bits per heavy atom. The van der Waals surface area contributed by atoms with Crippen LogP contribution < -0.4 is 25.4 Å². The van der Waals surface area contributed by atoms with E-state index in [1.54, 1.807) is 19.5 Å². The number of fused-ring (bicyclic) bond motifs is 1. The Morgan fingerprint density at radius 1 is 1.06 bits per heavy atom. The van der Waals surface area contributed by atoms with Crippen molar-refractivity contribution in [2.75, 3.05) is 45.1 Å². The number of hydrogen-bond acceptors (Lipinski definition) is 8. The van der Waals surface area contributed by atoms with Crippen LogP contribution >= 0.6 is 0 Å². The Balaban J connectivity index is 0.00000103. The summed E-state index contributed by atoms with van der Waals surface area (Å²) in [6, 6.07) is 7.66. The highest BCUT2D eigenvalue weighted by Crippen LogP contribution is 2.36. The molecule has 35 heavy (non-hydrogen) atoms. The van der Waals surface area contributed by atoms with Gasteiger partial charge in [0.1, 0.15) is 24.0 Å². The molecular weight excluding hydrogens is 444 g/mol. The Hall–Kier alpha value is -3.79. The van der Waals surface area contributed by atoms with Crippen molar-refractivity contribution in [2.45, 2.75) is 34.2 Å². The molecule has 0 atom stereocenters. The standard InChI is InChI=1S/C21H26N8O2.2C2H6/c1-22-14-31-15-5-6-18(19(11-15)30-3)29-13-17-16(21(29)23-2)12-25-27-20(17)24-8-10-28-9-4-7-26-28;2*1-2/h4-7,9,11-13,22-23H,8,10,14H2,1-3H3,(H,24,27);2*1-2H3. The molecule has 4 aromatic rings. The van der Waals surface area contributed by atoms with E-state index < -0.39 is 0 Å². The van der Waals surface area contributed by atoms with Crippen molar-refractivity contribution in [1.82, 2.24) is 29.9 Å². The van der Waals surface area contributed by atoms with Crippen molar-refractivity contribution in [3.63, 3.8) is 0 Å². The quantitative estimate of drug-likeness (QED) is 0.286. The molecule has 4 rings (SSSR count). The van der Waals surface area contributed by atoms with Crippen LogP contribution in [0.15, 0.2) is 49.1 Å². The predicted octanol–water partition coefficient (Wildman–Crippen LogP) is 4.39. The second-order valence-corrected chi connectivity index (χ2v) is 6.79. The zero-order valence-corrected chi connectivity index (χ0v) is 21.8. The lowest BCUT2D eigenvalue weighted by molar-refractivity contribution is 0.294. The van der Waals surface area contributed by atoms with E-state index in [4.69, 9.17) is 9.47 Å². The molecule has 0 saturated carbocycles. The smallest absolute Gasteiger partial charge is 0.158 e. The molecule has 3 N–H and O–H groups in total. The van der Waals surface area contributed by atoms with E-state index in [0.29, 0.717) is 24.8 Å². The lowest BCUT2D eigenvalue weighted by atomic mass is 10.2. The van der Waals surface area contributed by atoms with E-state index in [-0.39, 0.29) is 0 Å². The van der Waals surface area contributed by atoms with Crippen LogP contribution in [0, 0.1) is 0 Å². The average molecular weight is 483 g/mol. The molecule has 0 aliphatic carbocycles. The van der Waals surface area contributed by atoms with E-state index in [1.165, 1.54) is 0 Å². The van der Waals surface area contributed by atoms with Gasteiger partial charge in [-0.2, -0.15) is 10.2 Å². The number of aromatic nitrogens is 5. The van der Waals surface area contributed by atoms with Gasteiger partial charge in [-0.05, 0) is 25.2 Å². The molecular formula is C25H38N8O2. The highest BCUT2D eigenvalue weighted by molar-refractivity contribution is 6.00. The molecule has 0 fully saturated rings. The molecule has 0 bridgehead atoms. The molecule has 0 saturated heterocycles. The van der Waals surface area contributed by atoms with Gasteiger partial charge in [-0.25, -0.2) is 0 Å². The summed E-state index contributed by atoms with van der Waals surface area (Å²) < 4.78 is 15.2. The Labute approximate surface area is 207 Å². The lowest BCUT2D eigenvalue weighted by Gasteiger charge is -2.15. The number of benzene rings is 1. The first kappa shape index (κ1) is 27.5. The topological polar surface area (TPSA) is 103 Å². The maximum Gasteiger partial charge on any atom is 0.158 e. The van der Waals surface area contributed by atoms with Crippen LogP contribution in [0.3, 0.4) is 0 Å². The van der Waals surface area contributed by atoms with Gasteiger partial charge in [-0.3, -0.25) is 14.6 Å². The molecule has 1 aromatic carbocycles. The molecule has 0 aliphatic rings. The normalized spacial score (nSPS) is 10.0. The van der Waals surface area contributed by atoms with Crippen molar-refractivity contribution in [3.8, 4) is 17.2 Å². The number of nitrogens with zero attached hydrogens (tertiary/aromatic N) is 5. The monoisotopic (exact) mass is 482 g/mol. The molecule has 0 amide bonds. The second-order valence-electron chi connectivity index (χ2n) is 6.79. The molecule has 10 heteroatoms. The molecule has 0 spiro atoms. The van der Waals surface area contributed by atoms with Crippen LogP contribution in [0.1, 0.15) is 27.7 Å². The summed E-state index contributed by atoms with van der Waals surface area (Å²) in [5.41, 5.74) is 0.877. The first-order valence-corrected chi connectivity index (χ1v) is 12.0. The minimum absolute atomic E-state index is 0.419. The summed E-state index contributed by atoms with van der Waals surface area (Å²) in [5, 5.41) is 24.2. The largest absolute Gasteiger partial charge is 0.494 e. The third-order valence-electron chi connectivity index (χ3n) is 4.87. The average Bonchev–Trinajstić information content (AvgIpc) is 3.57. The first-order chi connectivity index (χ1) is 17.2. The summed E-state index contributed by atoms with van der Waals surface area (Å²) >= 11 is 0. The number of nitrogens with one attached hydrogen (secondary N) is 3. The Morgan fingerprint density at radius 3 is 2.51 bits per heavy atom. The van der Waals surface area contributed by atoms with Crippen LogP contribution in [-0.4, -0.2) is 59.0 Å². The third-order valence-corrected chi connectivity index (χ3v) is 4.87. The molecule has 0 aliphatic heterocycles. The Bertz CT molecular complexity index is 1140.